The molecule has 0 fully saturated rings. The normalized spacial score (nSPS) is 10.6. The van der Waals surface area contributed by atoms with Crippen LogP contribution in [0, 0.1) is 0 Å². The van der Waals surface area contributed by atoms with Crippen LogP contribution < -0.4 is 24.4 Å². The Kier molecular flexibility index (Phi) is 9.25. The van der Waals surface area contributed by atoms with Gasteiger partial charge in [0.1, 0.15) is 23.0 Å². The maximum Gasteiger partial charge on any atom is 0.430 e. The number of carbonyl (C=O) groups is 3. The summed E-state index contributed by atoms with van der Waals surface area (Å²) < 4.78 is 23.6. The molecule has 5 aromatic rings. The van der Waals surface area contributed by atoms with Gasteiger partial charge in [0.2, 0.25) is 0 Å². The number of para-hydroxylation sites is 2. The minimum atomic E-state index is -1.01. The third-order valence-corrected chi connectivity index (χ3v) is 6.05. The zero-order chi connectivity index (χ0) is 30.0. The number of benzene rings is 3. The first-order valence-corrected chi connectivity index (χ1v) is 13.5. The number of carbonyl (C=O) groups excluding carboxylic acids is 3. The quantitative estimate of drug-likeness (QED) is 0.193. The summed E-state index contributed by atoms with van der Waals surface area (Å²) in [5.41, 5.74) is 0.690. The number of ether oxygens (including phenoxy) is 4. The molecule has 2 heterocycles. The van der Waals surface area contributed by atoms with E-state index in [1.54, 1.807) is 97.2 Å². The Balaban J connectivity index is 1.36. The van der Waals surface area contributed by atoms with Crippen molar-refractivity contribution in [2.45, 2.75) is 6.92 Å². The number of pyridine rings is 1. The third kappa shape index (κ3) is 7.34. The van der Waals surface area contributed by atoms with E-state index in [-0.39, 0.29) is 23.3 Å². The first-order chi connectivity index (χ1) is 21.0. The Morgan fingerprint density at radius 3 is 2.09 bits per heavy atom. The molecule has 0 saturated carbocycles. The minimum Gasteiger partial charge on any atom is -0.457 e. The summed E-state index contributed by atoms with van der Waals surface area (Å²) in [5, 5.41) is 3.58. The molecule has 0 saturated heterocycles. The van der Waals surface area contributed by atoms with E-state index >= 15 is 0 Å². The van der Waals surface area contributed by atoms with Crippen molar-refractivity contribution in [3.63, 3.8) is 0 Å². The van der Waals surface area contributed by atoms with Crippen LogP contribution in [0.3, 0.4) is 0 Å². The van der Waals surface area contributed by atoms with Crippen LogP contribution in [0.4, 0.5) is 20.2 Å². The summed E-state index contributed by atoms with van der Waals surface area (Å²) in [7, 11) is 0. The monoisotopic (exact) mass is 580 g/mol. The molecule has 43 heavy (non-hydrogen) atoms. The number of amides is 3. The number of hydrogen-bond acceptors (Lipinski definition) is 8. The summed E-state index contributed by atoms with van der Waals surface area (Å²) in [6.45, 7) is 3.30. The number of fused-ring (bicyclic) bond motifs is 1. The van der Waals surface area contributed by atoms with E-state index in [4.69, 9.17) is 18.9 Å². The summed E-state index contributed by atoms with van der Waals surface area (Å²) in [6.07, 6.45) is 1.03. The van der Waals surface area contributed by atoms with Crippen molar-refractivity contribution in [2.24, 2.45) is 0 Å². The van der Waals surface area contributed by atoms with Crippen molar-refractivity contribution < 1.29 is 33.3 Å². The van der Waals surface area contributed by atoms with Crippen LogP contribution in [-0.2, 0) is 4.74 Å². The molecule has 1 N–H and O–H groups in total. The molecule has 0 aliphatic rings. The smallest absolute Gasteiger partial charge is 0.430 e. The second-order valence-electron chi connectivity index (χ2n) is 8.98. The Morgan fingerprint density at radius 1 is 0.791 bits per heavy atom. The largest absolute Gasteiger partial charge is 0.457 e. The topological polar surface area (TPSA) is 121 Å². The van der Waals surface area contributed by atoms with Gasteiger partial charge in [0.05, 0.1) is 12.1 Å². The Morgan fingerprint density at radius 2 is 1.44 bits per heavy atom. The first-order valence-electron chi connectivity index (χ1n) is 13.5. The van der Waals surface area contributed by atoms with E-state index < -0.39 is 12.2 Å². The van der Waals surface area contributed by atoms with Crippen molar-refractivity contribution in [3.8, 4) is 23.0 Å². The van der Waals surface area contributed by atoms with Gasteiger partial charge in [0, 0.05) is 37.0 Å². The van der Waals surface area contributed by atoms with Crippen LogP contribution >= 0.6 is 0 Å². The lowest BCUT2D eigenvalue weighted by molar-refractivity contribution is 0.149. The average Bonchev–Trinajstić information content (AvgIpc) is 3.44. The maximum absolute atomic E-state index is 13.2. The van der Waals surface area contributed by atoms with Gasteiger partial charge in [-0.15, -0.1) is 0 Å². The van der Waals surface area contributed by atoms with Crippen molar-refractivity contribution in [1.82, 2.24) is 14.9 Å². The number of hydrogen-bond donors (Lipinski definition) is 1. The van der Waals surface area contributed by atoms with E-state index in [0.29, 0.717) is 41.7 Å². The fourth-order valence-corrected chi connectivity index (χ4v) is 4.07. The fourth-order valence-electron chi connectivity index (χ4n) is 4.07. The van der Waals surface area contributed by atoms with E-state index in [1.807, 2.05) is 6.92 Å². The number of rotatable bonds is 9. The molecule has 5 rings (SSSR count). The molecule has 11 nitrogen and oxygen atoms in total. The van der Waals surface area contributed by atoms with Crippen LogP contribution in [0.2, 0.25) is 0 Å². The standard InChI is InChI=1S/C32H28N4O7/c1-2-40-20-18-34-30(37)35-19-16-23-21-26(13-14-28(23)35)41-27-15-17-33-29(22-27)36(31(38)42-24-9-5-3-6-10-24)32(39)43-25-11-7-4-8-12-25/h3-17,19,21-22H,2,18,20H2,1H3,(H,34,37). The number of anilines is 1. The highest BCUT2D eigenvalue weighted by atomic mass is 16.6. The molecular weight excluding hydrogens is 552 g/mol. The zero-order valence-electron chi connectivity index (χ0n) is 23.2. The molecule has 218 valence electrons. The van der Waals surface area contributed by atoms with Gasteiger partial charge in [0.25, 0.3) is 0 Å². The Labute approximate surface area is 247 Å². The molecule has 3 aromatic carbocycles. The summed E-state index contributed by atoms with van der Waals surface area (Å²) in [6, 6.07) is 26.4. The highest BCUT2D eigenvalue weighted by molar-refractivity contribution is 6.09. The molecule has 0 unspecified atom stereocenters. The van der Waals surface area contributed by atoms with Gasteiger partial charge in [-0.05, 0) is 61.5 Å². The van der Waals surface area contributed by atoms with E-state index in [1.165, 1.54) is 16.8 Å². The van der Waals surface area contributed by atoms with Gasteiger partial charge in [-0.3, -0.25) is 4.57 Å². The molecule has 3 amide bonds. The van der Waals surface area contributed by atoms with Crippen molar-refractivity contribution in [3.05, 3.63) is 109 Å². The molecule has 0 radical (unpaired) electrons. The van der Waals surface area contributed by atoms with E-state index in [2.05, 4.69) is 10.3 Å². The predicted octanol–water partition coefficient (Wildman–Crippen LogP) is 6.63. The molecular formula is C32H28N4O7. The van der Waals surface area contributed by atoms with Gasteiger partial charge in [-0.1, -0.05) is 36.4 Å². The summed E-state index contributed by atoms with van der Waals surface area (Å²) in [4.78, 5) is 43.9. The second-order valence-corrected chi connectivity index (χ2v) is 8.98. The molecule has 0 atom stereocenters. The molecule has 0 aliphatic heterocycles. The van der Waals surface area contributed by atoms with Crippen LogP contribution in [0.25, 0.3) is 10.9 Å². The van der Waals surface area contributed by atoms with Crippen LogP contribution in [-0.4, -0.2) is 47.5 Å². The first kappa shape index (κ1) is 28.8. The Bertz CT molecular complexity index is 1650. The number of imide groups is 1. The molecule has 0 bridgehead atoms. The molecule has 0 aliphatic carbocycles. The van der Waals surface area contributed by atoms with Crippen LogP contribution in [0.15, 0.2) is 109 Å². The number of nitrogens with one attached hydrogen (secondary N) is 1. The third-order valence-electron chi connectivity index (χ3n) is 6.05. The SMILES string of the molecule is CCOCCNC(=O)n1ccc2cc(Oc3ccnc(N(C(=O)Oc4ccccc4)C(=O)Oc4ccccc4)c3)ccc21. The average molecular weight is 581 g/mol. The van der Waals surface area contributed by atoms with E-state index in [0.717, 1.165) is 5.39 Å². The number of aromatic nitrogens is 2. The van der Waals surface area contributed by atoms with Crippen LogP contribution in [0.1, 0.15) is 6.92 Å². The molecule has 11 heteroatoms. The minimum absolute atomic E-state index is 0.0738. The van der Waals surface area contributed by atoms with Gasteiger partial charge in [0.15, 0.2) is 5.82 Å². The number of nitrogens with zero attached hydrogens (tertiary/aromatic N) is 3. The van der Waals surface area contributed by atoms with Crippen molar-refractivity contribution in [1.29, 1.82) is 0 Å². The lowest BCUT2D eigenvalue weighted by Gasteiger charge is -2.19. The zero-order valence-corrected chi connectivity index (χ0v) is 23.2. The predicted molar refractivity (Wildman–Crippen MR) is 159 cm³/mol. The van der Waals surface area contributed by atoms with Gasteiger partial charge >= 0.3 is 18.2 Å². The lowest BCUT2D eigenvalue weighted by atomic mass is 10.2. The van der Waals surface area contributed by atoms with Crippen molar-refractivity contribution in [2.75, 3.05) is 24.7 Å². The lowest BCUT2D eigenvalue weighted by Crippen LogP contribution is -2.41. The fraction of sp³-hybridized carbons (Fsp3) is 0.125. The van der Waals surface area contributed by atoms with Gasteiger partial charge in [-0.25, -0.2) is 19.4 Å². The Hall–Kier alpha value is -5.68. The molecule has 2 aromatic heterocycles. The highest BCUT2D eigenvalue weighted by Crippen LogP contribution is 2.29. The van der Waals surface area contributed by atoms with Gasteiger partial charge in [-0.2, -0.15) is 4.90 Å². The summed E-state index contributed by atoms with van der Waals surface area (Å²) in [5.74, 6) is 1.16. The highest BCUT2D eigenvalue weighted by Gasteiger charge is 2.29. The second kappa shape index (κ2) is 13.8. The summed E-state index contributed by atoms with van der Waals surface area (Å²) >= 11 is 0. The van der Waals surface area contributed by atoms with Crippen LogP contribution in [0.5, 0.6) is 23.0 Å². The molecule has 0 spiro atoms. The van der Waals surface area contributed by atoms with Gasteiger partial charge < -0.3 is 24.3 Å². The van der Waals surface area contributed by atoms with Crippen molar-refractivity contribution >= 4 is 34.9 Å². The van der Waals surface area contributed by atoms with E-state index in [9.17, 15) is 14.4 Å². The maximum atomic E-state index is 13.2.